The zero-order chi connectivity index (χ0) is 22.2. The summed E-state index contributed by atoms with van der Waals surface area (Å²) >= 11 is 6.32. The van der Waals surface area contributed by atoms with Gasteiger partial charge in [0.05, 0.1) is 11.6 Å². The maximum Gasteiger partial charge on any atom is 0.340 e. The van der Waals surface area contributed by atoms with E-state index in [9.17, 15) is 9.18 Å². The van der Waals surface area contributed by atoms with Crippen LogP contribution in [0.2, 0.25) is 5.02 Å². The molecular formula is C26H32ClFO3. The molecule has 31 heavy (non-hydrogen) atoms. The fraction of sp³-hybridized carbons (Fsp3) is 0.500. The number of unbranched alkanes of at least 4 members (excludes halogenated alkanes) is 1. The molecule has 0 aromatic heterocycles. The van der Waals surface area contributed by atoms with Crippen LogP contribution in [-0.4, -0.2) is 24.9 Å². The van der Waals surface area contributed by atoms with Gasteiger partial charge in [-0.3, -0.25) is 0 Å². The number of hydrogen-bond donors (Lipinski definition) is 0. The molecule has 0 bridgehead atoms. The van der Waals surface area contributed by atoms with E-state index in [2.05, 4.69) is 24.3 Å². The minimum atomic E-state index is -1.48. The summed E-state index contributed by atoms with van der Waals surface area (Å²) in [6, 6.07) is 14.4. The van der Waals surface area contributed by atoms with Crippen LogP contribution in [0.3, 0.4) is 0 Å². The zero-order valence-corrected chi connectivity index (χ0v) is 19.2. The second-order valence-corrected chi connectivity index (χ2v) is 8.63. The summed E-state index contributed by atoms with van der Waals surface area (Å²) in [5.74, 6) is 0.455. The van der Waals surface area contributed by atoms with Gasteiger partial charge in [0.25, 0.3) is 0 Å². The van der Waals surface area contributed by atoms with E-state index in [4.69, 9.17) is 21.1 Å². The van der Waals surface area contributed by atoms with Gasteiger partial charge in [0.1, 0.15) is 11.9 Å². The van der Waals surface area contributed by atoms with Crippen molar-refractivity contribution in [2.24, 2.45) is 0 Å². The summed E-state index contributed by atoms with van der Waals surface area (Å²) in [7, 11) is 0. The highest BCUT2D eigenvalue weighted by molar-refractivity contribution is 6.32. The van der Waals surface area contributed by atoms with Crippen molar-refractivity contribution in [3.63, 3.8) is 0 Å². The number of alkyl halides is 1. The molecule has 0 amide bonds. The third-order valence-corrected chi connectivity index (χ3v) is 6.27. The average Bonchev–Trinajstić information content (AvgIpc) is 2.79. The third kappa shape index (κ3) is 6.46. The van der Waals surface area contributed by atoms with E-state index >= 15 is 0 Å². The summed E-state index contributed by atoms with van der Waals surface area (Å²) in [5, 5.41) is 0.613. The van der Waals surface area contributed by atoms with Gasteiger partial charge in [-0.05, 0) is 73.8 Å². The number of benzene rings is 2. The summed E-state index contributed by atoms with van der Waals surface area (Å²) in [6.07, 6.45) is 3.66. The lowest BCUT2D eigenvalue weighted by Gasteiger charge is -2.29. The van der Waals surface area contributed by atoms with Crippen LogP contribution in [-0.2, 0) is 9.53 Å². The quantitative estimate of drug-likeness (QED) is 0.374. The van der Waals surface area contributed by atoms with Gasteiger partial charge in [-0.2, -0.15) is 0 Å². The van der Waals surface area contributed by atoms with Crippen molar-refractivity contribution in [2.75, 3.05) is 6.61 Å². The molecule has 2 aromatic rings. The largest absolute Gasteiger partial charge is 0.492 e. The maximum absolute atomic E-state index is 13.9. The van der Waals surface area contributed by atoms with Crippen LogP contribution in [0, 0.1) is 0 Å². The number of halogens is 2. The van der Waals surface area contributed by atoms with Crippen molar-refractivity contribution in [1.82, 2.24) is 0 Å². The molecule has 1 saturated carbocycles. The fourth-order valence-electron chi connectivity index (χ4n) is 4.15. The van der Waals surface area contributed by atoms with Gasteiger partial charge in [0.15, 0.2) is 6.17 Å². The molecule has 0 radical (unpaired) electrons. The van der Waals surface area contributed by atoms with Crippen LogP contribution in [0.15, 0.2) is 42.5 Å². The molecule has 5 heteroatoms. The minimum Gasteiger partial charge on any atom is -0.492 e. The summed E-state index contributed by atoms with van der Waals surface area (Å²) in [4.78, 5) is 11.9. The molecule has 0 heterocycles. The number of hydrogen-bond acceptors (Lipinski definition) is 3. The summed E-state index contributed by atoms with van der Waals surface area (Å²) < 4.78 is 24.8. The maximum atomic E-state index is 13.9. The molecular weight excluding hydrogens is 415 g/mol. The van der Waals surface area contributed by atoms with Crippen molar-refractivity contribution in [1.29, 1.82) is 0 Å². The highest BCUT2D eigenvalue weighted by Crippen LogP contribution is 2.36. The number of esters is 1. The summed E-state index contributed by atoms with van der Waals surface area (Å²) in [5.41, 5.74) is 3.45. The lowest BCUT2D eigenvalue weighted by atomic mass is 9.82. The first-order valence-corrected chi connectivity index (χ1v) is 11.8. The van der Waals surface area contributed by atoms with Crippen molar-refractivity contribution in [3.05, 3.63) is 53.1 Å². The Morgan fingerprint density at radius 1 is 1.06 bits per heavy atom. The Labute approximate surface area is 189 Å². The topological polar surface area (TPSA) is 35.5 Å². The number of carbonyl (C=O) groups is 1. The average molecular weight is 447 g/mol. The lowest BCUT2D eigenvalue weighted by molar-refractivity contribution is -0.157. The molecule has 3 nitrogen and oxygen atoms in total. The normalized spacial score (nSPS) is 19.6. The smallest absolute Gasteiger partial charge is 0.340 e. The van der Waals surface area contributed by atoms with E-state index in [0.29, 0.717) is 29.7 Å². The molecule has 3 rings (SSSR count). The molecule has 0 unspecified atom stereocenters. The first kappa shape index (κ1) is 23.6. The number of carbonyl (C=O) groups excluding carboxylic acids is 1. The first-order valence-electron chi connectivity index (χ1n) is 11.4. The van der Waals surface area contributed by atoms with Crippen LogP contribution < -0.4 is 4.74 Å². The molecule has 0 saturated heterocycles. The molecule has 2 aromatic carbocycles. The van der Waals surface area contributed by atoms with E-state index in [1.807, 2.05) is 32.0 Å². The standard InChI is InChI=1S/C26H32ClFO3/c1-3-5-6-24(28)26(29)31-22-14-11-19(12-15-22)18-7-9-20(10-8-18)21-13-16-25(30-4-2)23(27)17-21/h7-10,13,16-17,19,22,24H,3-6,11-12,14-15H2,1-2H3/t19-,22-,24-/m0/s1. The van der Waals surface area contributed by atoms with Crippen LogP contribution in [0.5, 0.6) is 5.75 Å². The number of rotatable bonds is 9. The first-order chi connectivity index (χ1) is 15.0. The molecule has 0 N–H and O–H groups in total. The Morgan fingerprint density at radius 2 is 1.74 bits per heavy atom. The molecule has 1 atom stereocenters. The van der Waals surface area contributed by atoms with Crippen molar-refractivity contribution in [2.45, 2.75) is 77.0 Å². The van der Waals surface area contributed by atoms with Crippen LogP contribution >= 0.6 is 11.6 Å². The lowest BCUT2D eigenvalue weighted by Crippen LogP contribution is -2.28. The van der Waals surface area contributed by atoms with Gasteiger partial charge < -0.3 is 9.47 Å². The molecule has 0 spiro atoms. The SMILES string of the molecule is CCCC[C@H](F)C(=O)O[C@H]1CC[C@H](c2ccc(-c3ccc(OCC)c(Cl)c3)cc2)CC1. The van der Waals surface area contributed by atoms with E-state index in [-0.39, 0.29) is 12.5 Å². The minimum absolute atomic E-state index is 0.158. The van der Waals surface area contributed by atoms with Gasteiger partial charge in [-0.15, -0.1) is 0 Å². The van der Waals surface area contributed by atoms with E-state index in [1.54, 1.807) is 0 Å². The third-order valence-electron chi connectivity index (χ3n) is 5.97. The van der Waals surface area contributed by atoms with Crippen LogP contribution in [0.25, 0.3) is 11.1 Å². The van der Waals surface area contributed by atoms with E-state index < -0.39 is 12.1 Å². The van der Waals surface area contributed by atoms with Crippen molar-refractivity contribution < 1.29 is 18.7 Å². The zero-order valence-electron chi connectivity index (χ0n) is 18.4. The monoisotopic (exact) mass is 446 g/mol. The van der Waals surface area contributed by atoms with Gasteiger partial charge in [0, 0.05) is 0 Å². The van der Waals surface area contributed by atoms with Crippen molar-refractivity contribution >= 4 is 17.6 Å². The molecule has 1 aliphatic carbocycles. The fourth-order valence-corrected chi connectivity index (χ4v) is 4.39. The predicted octanol–water partition coefficient (Wildman–Crippen LogP) is 7.50. The van der Waals surface area contributed by atoms with Gasteiger partial charge in [0.2, 0.25) is 0 Å². The Morgan fingerprint density at radius 3 is 2.35 bits per heavy atom. The second kappa shape index (κ2) is 11.5. The predicted molar refractivity (Wildman–Crippen MR) is 124 cm³/mol. The van der Waals surface area contributed by atoms with Gasteiger partial charge in [-0.1, -0.05) is 61.7 Å². The Balaban J connectivity index is 1.53. The Hall–Kier alpha value is -2.07. The van der Waals surface area contributed by atoms with E-state index in [0.717, 1.165) is 43.2 Å². The number of ether oxygens (including phenoxy) is 2. The highest BCUT2D eigenvalue weighted by Gasteiger charge is 2.27. The molecule has 1 aliphatic rings. The van der Waals surface area contributed by atoms with Crippen LogP contribution in [0.4, 0.5) is 4.39 Å². The summed E-state index contributed by atoms with van der Waals surface area (Å²) in [6.45, 7) is 4.51. The molecule has 1 fully saturated rings. The second-order valence-electron chi connectivity index (χ2n) is 8.22. The van der Waals surface area contributed by atoms with Gasteiger partial charge in [-0.25, -0.2) is 9.18 Å². The Kier molecular flexibility index (Phi) is 8.77. The molecule has 168 valence electrons. The molecule has 0 aliphatic heterocycles. The van der Waals surface area contributed by atoms with Crippen LogP contribution in [0.1, 0.15) is 70.3 Å². The van der Waals surface area contributed by atoms with E-state index in [1.165, 1.54) is 5.56 Å². The van der Waals surface area contributed by atoms with Gasteiger partial charge >= 0.3 is 5.97 Å². The highest BCUT2D eigenvalue weighted by atomic mass is 35.5. The Bertz CT molecular complexity index is 844. The van der Waals surface area contributed by atoms with Crippen molar-refractivity contribution in [3.8, 4) is 16.9 Å².